The molecule has 0 aliphatic carbocycles. The summed E-state index contributed by atoms with van der Waals surface area (Å²) in [7, 11) is 1.27. The number of methoxy groups -OCH3 is 1. The van der Waals surface area contributed by atoms with E-state index >= 15 is 0 Å². The largest absolute Gasteiger partial charge is 0.465 e. The summed E-state index contributed by atoms with van der Waals surface area (Å²) in [5.41, 5.74) is 0.620. The van der Waals surface area contributed by atoms with Crippen molar-refractivity contribution in [3.8, 4) is 0 Å². The lowest BCUT2D eigenvalue weighted by atomic mass is 10.3. The van der Waals surface area contributed by atoms with E-state index in [1.54, 1.807) is 12.1 Å². The lowest BCUT2D eigenvalue weighted by Gasteiger charge is -2.03. The maximum Gasteiger partial charge on any atom is 0.351 e. The number of nitrogens with one attached hydrogen (secondary N) is 1. The number of thiazole rings is 1. The van der Waals surface area contributed by atoms with E-state index in [4.69, 9.17) is 11.6 Å². The monoisotopic (exact) mass is 364 g/mol. The number of rotatable bonds is 3. The second kappa shape index (κ2) is 5.85. The van der Waals surface area contributed by atoms with Crippen LogP contribution in [0, 0.1) is 5.82 Å². The first-order chi connectivity index (χ1) is 9.01. The van der Waals surface area contributed by atoms with Crippen LogP contribution >= 0.6 is 38.9 Å². The van der Waals surface area contributed by atoms with Crippen LogP contribution in [0.2, 0.25) is 5.15 Å². The first kappa shape index (κ1) is 14.2. The van der Waals surface area contributed by atoms with Crippen molar-refractivity contribution < 1.29 is 13.9 Å². The van der Waals surface area contributed by atoms with Gasteiger partial charge < -0.3 is 10.1 Å². The molecule has 0 fully saturated rings. The summed E-state index contributed by atoms with van der Waals surface area (Å²) in [6, 6.07) is 4.42. The minimum atomic E-state index is -0.546. The number of halogens is 3. The van der Waals surface area contributed by atoms with E-state index in [-0.39, 0.29) is 15.8 Å². The molecule has 0 bridgehead atoms. The molecule has 0 spiro atoms. The van der Waals surface area contributed by atoms with E-state index in [1.807, 2.05) is 0 Å². The molecule has 4 nitrogen and oxygen atoms in total. The fraction of sp³-hybridized carbons (Fsp3) is 0.0909. The average molecular weight is 366 g/mol. The van der Waals surface area contributed by atoms with Crippen molar-refractivity contribution in [1.29, 1.82) is 0 Å². The molecule has 8 heteroatoms. The maximum atomic E-state index is 13.1. The van der Waals surface area contributed by atoms with Crippen molar-refractivity contribution in [3.63, 3.8) is 0 Å². The normalized spacial score (nSPS) is 10.3. The molecule has 0 atom stereocenters. The van der Waals surface area contributed by atoms with Gasteiger partial charge in [0.2, 0.25) is 0 Å². The lowest BCUT2D eigenvalue weighted by molar-refractivity contribution is 0.0606. The zero-order valence-electron chi connectivity index (χ0n) is 9.54. The number of aromatic nitrogens is 1. The van der Waals surface area contributed by atoms with Crippen molar-refractivity contribution in [3.05, 3.63) is 38.5 Å². The van der Waals surface area contributed by atoms with Crippen LogP contribution in [0.15, 0.2) is 22.7 Å². The molecule has 100 valence electrons. The second-order valence-corrected chi connectivity index (χ2v) is 5.60. The summed E-state index contributed by atoms with van der Waals surface area (Å²) in [4.78, 5) is 15.6. The number of hydrogen-bond acceptors (Lipinski definition) is 5. The molecule has 2 aromatic rings. The standard InChI is InChI=1S/C11H7BrClFN2O2S/c1-18-10(17)8-9(13)16-11(19-8)15-5-2-3-7(14)6(12)4-5/h2-4H,1H3,(H,15,16). The van der Waals surface area contributed by atoms with Crippen LogP contribution in [0.4, 0.5) is 15.2 Å². The van der Waals surface area contributed by atoms with Crippen molar-refractivity contribution in [2.45, 2.75) is 0 Å². The number of anilines is 2. The Morgan fingerprint density at radius 2 is 2.32 bits per heavy atom. The fourth-order valence-corrected chi connectivity index (χ4v) is 2.77. The summed E-state index contributed by atoms with van der Waals surface area (Å²) in [5, 5.41) is 3.42. The molecule has 1 N–H and O–H groups in total. The Hall–Kier alpha value is -1.18. The molecule has 0 radical (unpaired) electrons. The van der Waals surface area contributed by atoms with Crippen LogP contribution in [0.25, 0.3) is 0 Å². The molecule has 0 aliphatic heterocycles. The summed E-state index contributed by atoms with van der Waals surface area (Å²) in [6.07, 6.45) is 0. The highest BCUT2D eigenvalue weighted by molar-refractivity contribution is 9.10. The first-order valence-corrected chi connectivity index (χ1v) is 6.96. The summed E-state index contributed by atoms with van der Waals surface area (Å²) in [6.45, 7) is 0. The Kier molecular flexibility index (Phi) is 4.38. The van der Waals surface area contributed by atoms with Gasteiger partial charge in [-0.15, -0.1) is 0 Å². The Morgan fingerprint density at radius 3 is 2.95 bits per heavy atom. The van der Waals surface area contributed by atoms with Gasteiger partial charge in [0.1, 0.15) is 5.82 Å². The highest BCUT2D eigenvalue weighted by Gasteiger charge is 2.17. The van der Waals surface area contributed by atoms with Gasteiger partial charge in [-0.1, -0.05) is 22.9 Å². The molecule has 0 aliphatic rings. The molecule has 1 aromatic carbocycles. The topological polar surface area (TPSA) is 51.2 Å². The third kappa shape index (κ3) is 3.23. The van der Waals surface area contributed by atoms with Crippen LogP contribution in [0.1, 0.15) is 9.67 Å². The van der Waals surface area contributed by atoms with Crippen LogP contribution < -0.4 is 5.32 Å². The SMILES string of the molecule is COC(=O)c1sc(Nc2ccc(F)c(Br)c2)nc1Cl. The van der Waals surface area contributed by atoms with Gasteiger partial charge in [-0.25, -0.2) is 14.2 Å². The van der Waals surface area contributed by atoms with Gasteiger partial charge in [0.15, 0.2) is 15.2 Å². The number of carbonyl (C=O) groups is 1. The Labute approximate surface area is 125 Å². The van der Waals surface area contributed by atoms with Crippen LogP contribution in [0.5, 0.6) is 0 Å². The molecule has 1 aromatic heterocycles. The van der Waals surface area contributed by atoms with Gasteiger partial charge in [-0.2, -0.15) is 0 Å². The quantitative estimate of drug-likeness (QED) is 0.827. The number of esters is 1. The zero-order chi connectivity index (χ0) is 14.0. The van der Waals surface area contributed by atoms with E-state index in [0.29, 0.717) is 15.3 Å². The fourth-order valence-electron chi connectivity index (χ4n) is 1.27. The molecular weight excluding hydrogens is 359 g/mol. The summed E-state index contributed by atoms with van der Waals surface area (Å²) in [5.74, 6) is -0.909. The van der Waals surface area contributed by atoms with Crippen LogP contribution in [-0.2, 0) is 4.74 Å². The van der Waals surface area contributed by atoms with Crippen molar-refractivity contribution in [2.24, 2.45) is 0 Å². The van der Waals surface area contributed by atoms with Crippen LogP contribution in [0.3, 0.4) is 0 Å². The summed E-state index contributed by atoms with van der Waals surface area (Å²) >= 11 is 9.97. The zero-order valence-corrected chi connectivity index (χ0v) is 12.7. The number of ether oxygens (including phenoxy) is 1. The number of hydrogen-bond donors (Lipinski definition) is 1. The second-order valence-electron chi connectivity index (χ2n) is 3.38. The smallest absolute Gasteiger partial charge is 0.351 e. The van der Waals surface area contributed by atoms with Gasteiger partial charge in [-0.05, 0) is 34.1 Å². The number of benzene rings is 1. The van der Waals surface area contributed by atoms with Gasteiger partial charge in [0, 0.05) is 5.69 Å². The average Bonchev–Trinajstić information content (AvgIpc) is 2.74. The highest BCUT2D eigenvalue weighted by Crippen LogP contribution is 2.30. The Morgan fingerprint density at radius 1 is 1.58 bits per heavy atom. The summed E-state index contributed by atoms with van der Waals surface area (Å²) < 4.78 is 18.0. The third-order valence-corrected chi connectivity index (χ3v) is 4.07. The van der Waals surface area contributed by atoms with E-state index < -0.39 is 5.97 Å². The van der Waals surface area contributed by atoms with Crippen molar-refractivity contribution >= 4 is 55.7 Å². The number of carbonyl (C=O) groups excluding carboxylic acids is 1. The Bertz CT molecular complexity index is 635. The molecule has 0 unspecified atom stereocenters. The minimum absolute atomic E-state index is 0.0699. The van der Waals surface area contributed by atoms with Gasteiger partial charge in [0.05, 0.1) is 11.6 Å². The number of nitrogens with zero attached hydrogens (tertiary/aromatic N) is 1. The third-order valence-electron chi connectivity index (χ3n) is 2.13. The van der Waals surface area contributed by atoms with Crippen LogP contribution in [-0.4, -0.2) is 18.1 Å². The lowest BCUT2D eigenvalue weighted by Crippen LogP contribution is -1.98. The molecule has 0 saturated carbocycles. The van der Waals surface area contributed by atoms with Gasteiger partial charge in [0.25, 0.3) is 0 Å². The van der Waals surface area contributed by atoms with Gasteiger partial charge in [-0.3, -0.25) is 0 Å². The molecular formula is C11H7BrClFN2O2S. The van der Waals surface area contributed by atoms with Crippen molar-refractivity contribution in [2.75, 3.05) is 12.4 Å². The molecule has 2 rings (SSSR count). The van der Waals surface area contributed by atoms with E-state index in [9.17, 15) is 9.18 Å². The minimum Gasteiger partial charge on any atom is -0.465 e. The molecule has 0 amide bonds. The van der Waals surface area contributed by atoms with Crippen molar-refractivity contribution in [1.82, 2.24) is 4.98 Å². The Balaban J connectivity index is 2.24. The highest BCUT2D eigenvalue weighted by atomic mass is 79.9. The van der Waals surface area contributed by atoms with E-state index in [2.05, 4.69) is 31.0 Å². The molecule has 0 saturated heterocycles. The van der Waals surface area contributed by atoms with Gasteiger partial charge >= 0.3 is 5.97 Å². The molecule has 1 heterocycles. The molecule has 19 heavy (non-hydrogen) atoms. The van der Waals surface area contributed by atoms with E-state index in [1.165, 1.54) is 13.2 Å². The van der Waals surface area contributed by atoms with E-state index in [0.717, 1.165) is 11.3 Å². The first-order valence-electron chi connectivity index (χ1n) is 4.98. The predicted octanol–water partition coefficient (Wildman–Crippen LogP) is 4.23. The predicted molar refractivity (Wildman–Crippen MR) is 75.8 cm³/mol. The maximum absolute atomic E-state index is 13.1.